The fourth-order valence-corrected chi connectivity index (χ4v) is 1.35. The lowest BCUT2D eigenvalue weighted by molar-refractivity contribution is -0.142. The summed E-state index contributed by atoms with van der Waals surface area (Å²) in [6.07, 6.45) is 3.18. The Hall–Kier alpha value is -1.30. The van der Waals surface area contributed by atoms with Crippen molar-refractivity contribution >= 4 is 17.7 Å². The second kappa shape index (κ2) is 5.55. The zero-order valence-electron chi connectivity index (χ0n) is 8.57. The summed E-state index contributed by atoms with van der Waals surface area (Å²) in [4.78, 5) is 29.1. The van der Waals surface area contributed by atoms with Gasteiger partial charge in [0.25, 0.3) is 5.56 Å². The van der Waals surface area contributed by atoms with E-state index in [0.717, 1.165) is 0 Å². The zero-order chi connectivity index (χ0) is 11.3. The minimum atomic E-state index is -0.415. The Kier molecular flexibility index (Phi) is 4.36. The number of hydrogen-bond acceptors (Lipinski definition) is 5. The van der Waals surface area contributed by atoms with E-state index in [-0.39, 0.29) is 12.0 Å². The molecule has 0 aromatic carbocycles. The third kappa shape index (κ3) is 3.39. The van der Waals surface area contributed by atoms with E-state index in [0.29, 0.717) is 17.3 Å². The molecule has 15 heavy (non-hydrogen) atoms. The molecule has 0 unspecified atom stereocenters. The van der Waals surface area contributed by atoms with Crippen molar-refractivity contribution in [3.8, 4) is 0 Å². The molecule has 0 fully saturated rings. The predicted octanol–water partition coefficient (Wildman–Crippen LogP) is 0.597. The molecule has 0 bridgehead atoms. The van der Waals surface area contributed by atoms with Gasteiger partial charge in [0.15, 0.2) is 5.16 Å². The Morgan fingerprint density at radius 2 is 2.40 bits per heavy atom. The summed E-state index contributed by atoms with van der Waals surface area (Å²) in [6, 6.07) is 0. The smallest absolute Gasteiger partial charge is 0.310 e. The van der Waals surface area contributed by atoms with Gasteiger partial charge in [-0.25, -0.2) is 4.98 Å². The standard InChI is InChI=1S/C9H12N2O3S/c1-3-14-7(12)4-6-5-10-9(15-2)11-8(6)13/h5H,3-4H2,1-2H3,(H,10,11,13). The van der Waals surface area contributed by atoms with Gasteiger partial charge in [-0.15, -0.1) is 0 Å². The van der Waals surface area contributed by atoms with Gasteiger partial charge in [0, 0.05) is 11.8 Å². The normalized spacial score (nSPS) is 10.0. The van der Waals surface area contributed by atoms with E-state index in [1.54, 1.807) is 6.92 Å². The Labute approximate surface area is 91.3 Å². The van der Waals surface area contributed by atoms with Crippen LogP contribution in [-0.4, -0.2) is 28.8 Å². The van der Waals surface area contributed by atoms with Gasteiger partial charge in [0.2, 0.25) is 0 Å². The molecule has 0 aliphatic rings. The topological polar surface area (TPSA) is 72.0 Å². The number of aromatic nitrogens is 2. The average Bonchev–Trinajstić information content (AvgIpc) is 2.21. The van der Waals surface area contributed by atoms with Crippen molar-refractivity contribution in [2.75, 3.05) is 12.9 Å². The third-order valence-corrected chi connectivity index (χ3v) is 2.28. The van der Waals surface area contributed by atoms with Crippen molar-refractivity contribution < 1.29 is 9.53 Å². The maximum atomic E-state index is 11.4. The lowest BCUT2D eigenvalue weighted by Crippen LogP contribution is -2.19. The number of ether oxygens (including phenoxy) is 1. The summed E-state index contributed by atoms with van der Waals surface area (Å²) < 4.78 is 4.73. The molecule has 0 saturated heterocycles. The molecule has 1 aromatic rings. The molecule has 5 nitrogen and oxygen atoms in total. The molecule has 0 saturated carbocycles. The second-order valence-electron chi connectivity index (χ2n) is 2.73. The van der Waals surface area contributed by atoms with Crippen LogP contribution < -0.4 is 5.56 Å². The first-order valence-electron chi connectivity index (χ1n) is 4.45. The summed E-state index contributed by atoms with van der Waals surface area (Å²) in [5, 5.41) is 0.535. The summed E-state index contributed by atoms with van der Waals surface area (Å²) in [6.45, 7) is 2.03. The molecule has 0 aliphatic carbocycles. The van der Waals surface area contributed by atoms with Crippen LogP contribution in [0.4, 0.5) is 0 Å². The van der Waals surface area contributed by atoms with Crippen LogP contribution in [-0.2, 0) is 16.0 Å². The summed E-state index contributed by atoms with van der Waals surface area (Å²) in [5.41, 5.74) is 0.0358. The first-order chi connectivity index (χ1) is 7.17. The van der Waals surface area contributed by atoms with Gasteiger partial charge in [-0.2, -0.15) is 0 Å². The zero-order valence-corrected chi connectivity index (χ0v) is 9.39. The number of nitrogens with one attached hydrogen (secondary N) is 1. The van der Waals surface area contributed by atoms with Crippen LogP contribution in [0.3, 0.4) is 0 Å². The van der Waals surface area contributed by atoms with Gasteiger partial charge < -0.3 is 9.72 Å². The predicted molar refractivity (Wildman–Crippen MR) is 57.0 cm³/mol. The van der Waals surface area contributed by atoms with Crippen molar-refractivity contribution in [1.82, 2.24) is 9.97 Å². The number of thioether (sulfide) groups is 1. The molecular formula is C9H12N2O3S. The molecule has 1 rings (SSSR count). The van der Waals surface area contributed by atoms with E-state index in [4.69, 9.17) is 4.74 Å². The van der Waals surface area contributed by atoms with Crippen LogP contribution in [0.2, 0.25) is 0 Å². The van der Waals surface area contributed by atoms with Crippen LogP contribution in [0.1, 0.15) is 12.5 Å². The fourth-order valence-electron chi connectivity index (χ4n) is 1.00. The Morgan fingerprint density at radius 3 is 2.93 bits per heavy atom. The number of esters is 1. The van der Waals surface area contributed by atoms with Gasteiger partial charge in [0.05, 0.1) is 13.0 Å². The van der Waals surface area contributed by atoms with E-state index in [2.05, 4.69) is 9.97 Å². The number of carbonyl (C=O) groups is 1. The monoisotopic (exact) mass is 228 g/mol. The highest BCUT2D eigenvalue weighted by molar-refractivity contribution is 7.98. The van der Waals surface area contributed by atoms with Crippen LogP contribution in [0, 0.1) is 0 Å². The maximum absolute atomic E-state index is 11.4. The number of nitrogens with zero attached hydrogens (tertiary/aromatic N) is 1. The maximum Gasteiger partial charge on any atom is 0.310 e. The van der Waals surface area contributed by atoms with Crippen molar-refractivity contribution in [2.24, 2.45) is 0 Å². The van der Waals surface area contributed by atoms with Gasteiger partial charge in [0.1, 0.15) is 0 Å². The third-order valence-electron chi connectivity index (χ3n) is 1.68. The molecule has 0 amide bonds. The second-order valence-corrected chi connectivity index (χ2v) is 3.52. The van der Waals surface area contributed by atoms with Crippen molar-refractivity contribution in [3.63, 3.8) is 0 Å². The summed E-state index contributed by atoms with van der Waals surface area (Å²) in [7, 11) is 0. The van der Waals surface area contributed by atoms with E-state index in [1.165, 1.54) is 18.0 Å². The molecule has 0 spiro atoms. The van der Waals surface area contributed by atoms with Crippen molar-refractivity contribution in [1.29, 1.82) is 0 Å². The lowest BCUT2D eigenvalue weighted by Gasteiger charge is -2.01. The highest BCUT2D eigenvalue weighted by atomic mass is 32.2. The van der Waals surface area contributed by atoms with E-state index < -0.39 is 5.97 Å². The summed E-state index contributed by atoms with van der Waals surface area (Å²) in [5.74, 6) is -0.415. The first-order valence-corrected chi connectivity index (χ1v) is 5.67. The molecular weight excluding hydrogens is 216 g/mol. The van der Waals surface area contributed by atoms with E-state index >= 15 is 0 Å². The highest BCUT2D eigenvalue weighted by Gasteiger charge is 2.08. The molecule has 1 heterocycles. The number of carbonyl (C=O) groups excluding carboxylic acids is 1. The molecule has 6 heteroatoms. The molecule has 82 valence electrons. The van der Waals surface area contributed by atoms with Gasteiger partial charge in [-0.05, 0) is 13.2 Å². The summed E-state index contributed by atoms with van der Waals surface area (Å²) >= 11 is 1.34. The largest absolute Gasteiger partial charge is 0.466 e. The van der Waals surface area contributed by atoms with Gasteiger partial charge in [-0.3, -0.25) is 9.59 Å². The number of rotatable bonds is 4. The Balaban J connectivity index is 2.78. The molecule has 1 aromatic heterocycles. The minimum Gasteiger partial charge on any atom is -0.466 e. The average molecular weight is 228 g/mol. The first kappa shape index (κ1) is 11.8. The SMILES string of the molecule is CCOC(=O)Cc1cnc(SC)[nH]c1=O. The number of aromatic amines is 1. The molecule has 1 N–H and O–H groups in total. The Bertz CT molecular complexity index is 403. The van der Waals surface area contributed by atoms with Crippen LogP contribution in [0.25, 0.3) is 0 Å². The number of H-pyrrole nitrogens is 1. The van der Waals surface area contributed by atoms with Crippen LogP contribution >= 0.6 is 11.8 Å². The van der Waals surface area contributed by atoms with Crippen LogP contribution in [0.15, 0.2) is 16.1 Å². The van der Waals surface area contributed by atoms with E-state index in [1.807, 2.05) is 6.26 Å². The van der Waals surface area contributed by atoms with Crippen molar-refractivity contribution in [2.45, 2.75) is 18.5 Å². The molecule has 0 aliphatic heterocycles. The fraction of sp³-hybridized carbons (Fsp3) is 0.444. The van der Waals surface area contributed by atoms with Gasteiger partial charge in [-0.1, -0.05) is 11.8 Å². The molecule has 0 radical (unpaired) electrons. The minimum absolute atomic E-state index is 0.0369. The quantitative estimate of drug-likeness (QED) is 0.464. The van der Waals surface area contributed by atoms with Crippen LogP contribution in [0.5, 0.6) is 0 Å². The molecule has 0 atom stereocenters. The number of hydrogen-bond donors (Lipinski definition) is 1. The van der Waals surface area contributed by atoms with Crippen molar-refractivity contribution in [3.05, 3.63) is 22.1 Å². The lowest BCUT2D eigenvalue weighted by atomic mass is 10.2. The Morgan fingerprint density at radius 1 is 1.67 bits per heavy atom. The highest BCUT2D eigenvalue weighted by Crippen LogP contribution is 2.04. The van der Waals surface area contributed by atoms with E-state index in [9.17, 15) is 9.59 Å². The van der Waals surface area contributed by atoms with Gasteiger partial charge >= 0.3 is 5.97 Å².